The van der Waals surface area contributed by atoms with Crippen LogP contribution in [0.3, 0.4) is 0 Å². The summed E-state index contributed by atoms with van der Waals surface area (Å²) in [5.74, 6) is 0.120. The molecule has 1 aliphatic rings. The van der Waals surface area contributed by atoms with Crippen LogP contribution in [0.5, 0.6) is 0 Å². The van der Waals surface area contributed by atoms with Gasteiger partial charge in [-0.2, -0.15) is 5.26 Å². The number of morpholine rings is 1. The van der Waals surface area contributed by atoms with Gasteiger partial charge in [-0.3, -0.25) is 4.79 Å². The van der Waals surface area contributed by atoms with E-state index in [9.17, 15) is 4.79 Å². The van der Waals surface area contributed by atoms with Crippen molar-refractivity contribution in [3.8, 4) is 6.07 Å². The van der Waals surface area contributed by atoms with E-state index < -0.39 is 0 Å². The van der Waals surface area contributed by atoms with Crippen LogP contribution in [0.2, 0.25) is 0 Å². The lowest BCUT2D eigenvalue weighted by Gasteiger charge is -2.27. The molecular formula is C14H16BrN3O2. The average molecular weight is 338 g/mol. The van der Waals surface area contributed by atoms with Crippen molar-refractivity contribution in [3.63, 3.8) is 0 Å². The molecule has 1 N–H and O–H groups in total. The van der Waals surface area contributed by atoms with Crippen LogP contribution in [0.1, 0.15) is 12.0 Å². The highest BCUT2D eigenvalue weighted by Crippen LogP contribution is 2.20. The minimum atomic E-state index is 0.120. The number of benzene rings is 1. The first-order chi connectivity index (χ1) is 9.70. The van der Waals surface area contributed by atoms with Gasteiger partial charge >= 0.3 is 0 Å². The SMILES string of the molecule is N#Cc1ccc(Br)cc1NCCC(=O)N1CCOCC1. The summed E-state index contributed by atoms with van der Waals surface area (Å²) >= 11 is 3.37. The van der Waals surface area contributed by atoms with Crippen molar-refractivity contribution in [2.24, 2.45) is 0 Å². The highest BCUT2D eigenvalue weighted by atomic mass is 79.9. The normalized spacial score (nSPS) is 14.7. The Balaban J connectivity index is 1.85. The van der Waals surface area contributed by atoms with Crippen LogP contribution in [-0.2, 0) is 9.53 Å². The zero-order valence-corrected chi connectivity index (χ0v) is 12.6. The first-order valence-electron chi connectivity index (χ1n) is 6.50. The highest BCUT2D eigenvalue weighted by molar-refractivity contribution is 9.10. The zero-order chi connectivity index (χ0) is 14.4. The molecule has 1 saturated heterocycles. The number of hydrogen-bond acceptors (Lipinski definition) is 4. The fourth-order valence-corrected chi connectivity index (χ4v) is 2.40. The van der Waals surface area contributed by atoms with Crippen LogP contribution in [0.25, 0.3) is 0 Å². The van der Waals surface area contributed by atoms with Gasteiger partial charge < -0.3 is 15.0 Å². The Morgan fingerprint density at radius 1 is 1.45 bits per heavy atom. The van der Waals surface area contributed by atoms with Gasteiger partial charge in [0.25, 0.3) is 0 Å². The van der Waals surface area contributed by atoms with Crippen LogP contribution in [0.15, 0.2) is 22.7 Å². The molecule has 2 rings (SSSR count). The van der Waals surface area contributed by atoms with Crippen LogP contribution in [-0.4, -0.2) is 43.7 Å². The van der Waals surface area contributed by atoms with Crippen molar-refractivity contribution >= 4 is 27.5 Å². The minimum Gasteiger partial charge on any atom is -0.383 e. The number of halogens is 1. The third-order valence-corrected chi connectivity index (χ3v) is 3.61. The fourth-order valence-electron chi connectivity index (χ4n) is 2.04. The molecule has 0 radical (unpaired) electrons. The van der Waals surface area contributed by atoms with Gasteiger partial charge in [-0.05, 0) is 18.2 Å². The zero-order valence-electron chi connectivity index (χ0n) is 11.1. The van der Waals surface area contributed by atoms with Crippen LogP contribution in [0, 0.1) is 11.3 Å². The van der Waals surface area contributed by atoms with Gasteiger partial charge in [0, 0.05) is 30.5 Å². The number of carbonyl (C=O) groups excluding carboxylic acids is 1. The third kappa shape index (κ3) is 3.95. The van der Waals surface area contributed by atoms with Gasteiger partial charge in [0.2, 0.25) is 5.91 Å². The van der Waals surface area contributed by atoms with E-state index in [2.05, 4.69) is 27.3 Å². The predicted molar refractivity (Wildman–Crippen MR) is 79.4 cm³/mol. The molecule has 1 aliphatic heterocycles. The molecule has 0 aliphatic carbocycles. The van der Waals surface area contributed by atoms with Crippen molar-refractivity contribution in [1.82, 2.24) is 4.90 Å². The third-order valence-electron chi connectivity index (χ3n) is 3.12. The number of nitrogens with zero attached hydrogens (tertiary/aromatic N) is 2. The van der Waals surface area contributed by atoms with E-state index in [4.69, 9.17) is 10.00 Å². The van der Waals surface area contributed by atoms with E-state index in [0.29, 0.717) is 44.8 Å². The first kappa shape index (κ1) is 14.8. The smallest absolute Gasteiger partial charge is 0.224 e. The molecule has 1 aromatic carbocycles. The Morgan fingerprint density at radius 2 is 2.20 bits per heavy atom. The Morgan fingerprint density at radius 3 is 2.90 bits per heavy atom. The van der Waals surface area contributed by atoms with Crippen molar-refractivity contribution in [2.75, 3.05) is 38.2 Å². The summed E-state index contributed by atoms with van der Waals surface area (Å²) in [5, 5.41) is 12.2. The maximum atomic E-state index is 12.0. The van der Waals surface area contributed by atoms with Gasteiger partial charge in [0.15, 0.2) is 0 Å². The molecule has 0 bridgehead atoms. The summed E-state index contributed by atoms with van der Waals surface area (Å²) < 4.78 is 6.12. The minimum absolute atomic E-state index is 0.120. The standard InChI is InChI=1S/C14H16BrN3O2/c15-12-2-1-11(10-16)13(9-12)17-4-3-14(19)18-5-7-20-8-6-18/h1-2,9,17H,3-8H2. The second-order valence-corrected chi connectivity index (χ2v) is 5.39. The molecule has 6 heteroatoms. The van der Waals surface area contributed by atoms with Gasteiger partial charge in [-0.25, -0.2) is 0 Å². The first-order valence-corrected chi connectivity index (χ1v) is 7.29. The number of rotatable bonds is 4. The van der Waals surface area contributed by atoms with Gasteiger partial charge in [0.1, 0.15) is 6.07 Å². The van der Waals surface area contributed by atoms with E-state index in [1.54, 1.807) is 6.07 Å². The molecule has 0 saturated carbocycles. The lowest BCUT2D eigenvalue weighted by Crippen LogP contribution is -2.41. The van der Waals surface area contributed by atoms with Crippen LogP contribution >= 0.6 is 15.9 Å². The molecule has 0 aromatic heterocycles. The lowest BCUT2D eigenvalue weighted by atomic mass is 10.2. The van der Waals surface area contributed by atoms with Crippen LogP contribution in [0.4, 0.5) is 5.69 Å². The fraction of sp³-hybridized carbons (Fsp3) is 0.429. The van der Waals surface area contributed by atoms with Crippen molar-refractivity contribution < 1.29 is 9.53 Å². The van der Waals surface area contributed by atoms with Crippen molar-refractivity contribution in [2.45, 2.75) is 6.42 Å². The Labute approximate surface area is 126 Å². The molecule has 0 spiro atoms. The Bertz CT molecular complexity index is 522. The molecule has 1 fully saturated rings. The van der Waals surface area contributed by atoms with Gasteiger partial charge in [-0.1, -0.05) is 15.9 Å². The Kier molecular flexibility index (Phi) is 5.39. The largest absolute Gasteiger partial charge is 0.383 e. The highest BCUT2D eigenvalue weighted by Gasteiger charge is 2.16. The van der Waals surface area contributed by atoms with E-state index >= 15 is 0 Å². The van der Waals surface area contributed by atoms with Crippen LogP contribution < -0.4 is 5.32 Å². The van der Waals surface area contributed by atoms with E-state index in [-0.39, 0.29) is 5.91 Å². The summed E-state index contributed by atoms with van der Waals surface area (Å²) in [6, 6.07) is 7.54. The number of ether oxygens (including phenoxy) is 1. The second kappa shape index (κ2) is 7.27. The summed E-state index contributed by atoms with van der Waals surface area (Å²) in [4.78, 5) is 13.8. The molecule has 0 atom stereocenters. The molecule has 0 unspecified atom stereocenters. The predicted octanol–water partition coefficient (Wildman–Crippen LogP) is 1.98. The van der Waals surface area contributed by atoms with Gasteiger partial charge in [0.05, 0.1) is 24.5 Å². The van der Waals surface area contributed by atoms with Crippen molar-refractivity contribution in [1.29, 1.82) is 5.26 Å². The lowest BCUT2D eigenvalue weighted by molar-refractivity contribution is -0.134. The number of anilines is 1. The summed E-state index contributed by atoms with van der Waals surface area (Å²) in [7, 11) is 0. The quantitative estimate of drug-likeness (QED) is 0.912. The number of nitrogens with one attached hydrogen (secondary N) is 1. The number of carbonyl (C=O) groups is 1. The maximum absolute atomic E-state index is 12.0. The van der Waals surface area contributed by atoms with E-state index in [1.807, 2.05) is 17.0 Å². The topological polar surface area (TPSA) is 65.4 Å². The van der Waals surface area contributed by atoms with Gasteiger partial charge in [-0.15, -0.1) is 0 Å². The van der Waals surface area contributed by atoms with E-state index in [0.717, 1.165) is 10.2 Å². The maximum Gasteiger partial charge on any atom is 0.224 e. The molecule has 20 heavy (non-hydrogen) atoms. The van der Waals surface area contributed by atoms with Crippen molar-refractivity contribution in [3.05, 3.63) is 28.2 Å². The molecule has 1 amide bonds. The molecule has 1 aromatic rings. The molecule has 106 valence electrons. The molecule has 1 heterocycles. The summed E-state index contributed by atoms with van der Waals surface area (Å²) in [6.45, 7) is 3.08. The Hall–Kier alpha value is -1.58. The average Bonchev–Trinajstić information content (AvgIpc) is 2.48. The summed E-state index contributed by atoms with van der Waals surface area (Å²) in [6.07, 6.45) is 0.414. The second-order valence-electron chi connectivity index (χ2n) is 4.47. The molecule has 5 nitrogen and oxygen atoms in total. The summed E-state index contributed by atoms with van der Waals surface area (Å²) in [5.41, 5.74) is 1.32. The number of hydrogen-bond donors (Lipinski definition) is 1. The number of amides is 1. The monoisotopic (exact) mass is 337 g/mol. The molecular weight excluding hydrogens is 322 g/mol. The van der Waals surface area contributed by atoms with E-state index in [1.165, 1.54) is 0 Å². The number of nitriles is 1.